The highest BCUT2D eigenvalue weighted by molar-refractivity contribution is 7.99. The maximum absolute atomic E-state index is 12.6. The van der Waals surface area contributed by atoms with Crippen molar-refractivity contribution in [1.82, 2.24) is 19.7 Å². The second-order valence-corrected chi connectivity index (χ2v) is 9.33. The van der Waals surface area contributed by atoms with E-state index in [9.17, 15) is 4.79 Å². The summed E-state index contributed by atoms with van der Waals surface area (Å²) in [6.07, 6.45) is 3.80. The van der Waals surface area contributed by atoms with Crippen LogP contribution in [0, 0.1) is 13.8 Å². The van der Waals surface area contributed by atoms with Crippen LogP contribution < -0.4 is 5.32 Å². The molecule has 0 unspecified atom stereocenters. The molecule has 4 rings (SSSR count). The Hall–Kier alpha value is -2.64. The van der Waals surface area contributed by atoms with Crippen molar-refractivity contribution < 1.29 is 4.79 Å². The van der Waals surface area contributed by atoms with Gasteiger partial charge in [0.25, 0.3) is 0 Å². The van der Waals surface area contributed by atoms with E-state index in [0.717, 1.165) is 41.9 Å². The number of aromatic nitrogens is 3. The molecule has 6 nitrogen and oxygen atoms in total. The van der Waals surface area contributed by atoms with Crippen LogP contribution in [-0.4, -0.2) is 44.4 Å². The number of hydrogen-bond acceptors (Lipinski definition) is 5. The summed E-state index contributed by atoms with van der Waals surface area (Å²) >= 11 is 1.45. The molecule has 1 fully saturated rings. The molecule has 1 aliphatic rings. The lowest BCUT2D eigenvalue weighted by Gasteiger charge is -2.26. The molecule has 1 aliphatic heterocycles. The standard InChI is InChI=1S/C25H31N5OS/c1-19-10-9-13-22(20(19)2)26-24(31)18-32-25-28-27-23(17-29-14-7-4-8-15-29)30(25)16-21-11-5-3-6-12-21/h3,5-6,9-13H,4,7-8,14-18H2,1-2H3,(H,26,31). The topological polar surface area (TPSA) is 63.1 Å². The zero-order valence-electron chi connectivity index (χ0n) is 18.9. The smallest absolute Gasteiger partial charge is 0.234 e. The number of likely N-dealkylation sites (tertiary alicyclic amines) is 1. The van der Waals surface area contributed by atoms with E-state index in [0.29, 0.717) is 12.3 Å². The summed E-state index contributed by atoms with van der Waals surface area (Å²) in [5.41, 5.74) is 4.34. The Balaban J connectivity index is 1.46. The Morgan fingerprint density at radius 3 is 2.53 bits per heavy atom. The van der Waals surface area contributed by atoms with Crippen LogP contribution in [-0.2, 0) is 17.9 Å². The Morgan fingerprint density at radius 2 is 1.75 bits per heavy atom. The quantitative estimate of drug-likeness (QED) is 0.507. The first-order valence-electron chi connectivity index (χ1n) is 11.3. The highest BCUT2D eigenvalue weighted by Crippen LogP contribution is 2.22. The lowest BCUT2D eigenvalue weighted by molar-refractivity contribution is -0.113. The van der Waals surface area contributed by atoms with Gasteiger partial charge in [-0.3, -0.25) is 9.69 Å². The number of carbonyl (C=O) groups is 1. The van der Waals surface area contributed by atoms with Gasteiger partial charge in [0, 0.05) is 5.69 Å². The molecular weight excluding hydrogens is 418 g/mol. The number of amides is 1. The molecular formula is C25H31N5OS. The first-order valence-corrected chi connectivity index (χ1v) is 12.3. The second-order valence-electron chi connectivity index (χ2n) is 8.39. The van der Waals surface area contributed by atoms with Crippen molar-refractivity contribution in [2.45, 2.75) is 51.4 Å². The van der Waals surface area contributed by atoms with Crippen LogP contribution >= 0.6 is 11.8 Å². The van der Waals surface area contributed by atoms with Gasteiger partial charge in [-0.25, -0.2) is 0 Å². The predicted octanol–water partition coefficient (Wildman–Crippen LogP) is 4.66. The van der Waals surface area contributed by atoms with E-state index < -0.39 is 0 Å². The minimum atomic E-state index is -0.0319. The van der Waals surface area contributed by atoms with Crippen LogP contribution in [0.1, 0.15) is 41.8 Å². The van der Waals surface area contributed by atoms with Crippen LogP contribution in [0.25, 0.3) is 0 Å². The average Bonchev–Trinajstić information content (AvgIpc) is 3.18. The molecule has 2 heterocycles. The summed E-state index contributed by atoms with van der Waals surface area (Å²) in [6, 6.07) is 16.3. The van der Waals surface area contributed by atoms with Crippen molar-refractivity contribution in [3.8, 4) is 0 Å². The Bertz CT molecular complexity index is 1040. The molecule has 0 spiro atoms. The van der Waals surface area contributed by atoms with Gasteiger partial charge < -0.3 is 9.88 Å². The van der Waals surface area contributed by atoms with Gasteiger partial charge in [0.2, 0.25) is 5.91 Å². The van der Waals surface area contributed by atoms with E-state index in [-0.39, 0.29) is 5.91 Å². The maximum Gasteiger partial charge on any atom is 0.234 e. The van der Waals surface area contributed by atoms with E-state index in [1.807, 2.05) is 25.1 Å². The number of piperidine rings is 1. The lowest BCUT2D eigenvalue weighted by Crippen LogP contribution is -2.30. The summed E-state index contributed by atoms with van der Waals surface area (Å²) in [5.74, 6) is 1.23. The van der Waals surface area contributed by atoms with Gasteiger partial charge in [-0.05, 0) is 62.5 Å². The maximum atomic E-state index is 12.6. The molecule has 0 saturated carbocycles. The van der Waals surface area contributed by atoms with Crippen LogP contribution in [0.3, 0.4) is 0 Å². The summed E-state index contributed by atoms with van der Waals surface area (Å²) < 4.78 is 2.17. The third kappa shape index (κ3) is 5.78. The zero-order valence-corrected chi connectivity index (χ0v) is 19.7. The minimum Gasteiger partial charge on any atom is -0.325 e. The number of thioether (sulfide) groups is 1. The van der Waals surface area contributed by atoms with Crippen molar-refractivity contribution in [2.75, 3.05) is 24.2 Å². The molecule has 1 N–H and O–H groups in total. The third-order valence-corrected chi connectivity index (χ3v) is 6.97. The third-order valence-electron chi connectivity index (χ3n) is 6.00. The van der Waals surface area contributed by atoms with E-state index >= 15 is 0 Å². The Kier molecular flexibility index (Phi) is 7.60. The van der Waals surface area contributed by atoms with Crippen LogP contribution in [0.15, 0.2) is 53.7 Å². The van der Waals surface area contributed by atoms with E-state index in [2.05, 4.69) is 62.2 Å². The van der Waals surface area contributed by atoms with Crippen molar-refractivity contribution in [3.05, 3.63) is 71.0 Å². The Labute approximate surface area is 194 Å². The fourth-order valence-corrected chi connectivity index (χ4v) is 4.74. The van der Waals surface area contributed by atoms with Crippen LogP contribution in [0.5, 0.6) is 0 Å². The Morgan fingerprint density at radius 1 is 0.969 bits per heavy atom. The van der Waals surface area contributed by atoms with Crippen LogP contribution in [0.2, 0.25) is 0 Å². The zero-order chi connectivity index (χ0) is 22.3. The molecule has 1 aromatic heterocycles. The molecule has 0 radical (unpaired) electrons. The highest BCUT2D eigenvalue weighted by Gasteiger charge is 2.19. The number of carbonyl (C=O) groups excluding carboxylic acids is 1. The summed E-state index contributed by atoms with van der Waals surface area (Å²) in [7, 11) is 0. The fourth-order valence-electron chi connectivity index (χ4n) is 3.99. The molecule has 0 bridgehead atoms. The highest BCUT2D eigenvalue weighted by atomic mass is 32.2. The first-order chi connectivity index (χ1) is 15.6. The lowest BCUT2D eigenvalue weighted by atomic mass is 10.1. The van der Waals surface area contributed by atoms with Gasteiger partial charge >= 0.3 is 0 Å². The largest absolute Gasteiger partial charge is 0.325 e. The van der Waals surface area contributed by atoms with Gasteiger partial charge in [-0.2, -0.15) is 0 Å². The number of nitrogens with zero attached hydrogens (tertiary/aromatic N) is 4. The molecule has 0 aliphatic carbocycles. The number of benzene rings is 2. The molecule has 3 aromatic rings. The molecule has 7 heteroatoms. The number of hydrogen-bond donors (Lipinski definition) is 1. The molecule has 0 atom stereocenters. The van der Waals surface area contributed by atoms with Crippen molar-refractivity contribution in [1.29, 1.82) is 0 Å². The number of rotatable bonds is 8. The predicted molar refractivity (Wildman–Crippen MR) is 130 cm³/mol. The summed E-state index contributed by atoms with van der Waals surface area (Å²) in [5, 5.41) is 12.8. The monoisotopic (exact) mass is 449 g/mol. The summed E-state index contributed by atoms with van der Waals surface area (Å²) in [6.45, 7) is 7.81. The van der Waals surface area contributed by atoms with E-state index in [4.69, 9.17) is 0 Å². The van der Waals surface area contributed by atoms with E-state index in [1.54, 1.807) is 0 Å². The normalized spacial score (nSPS) is 14.4. The van der Waals surface area contributed by atoms with E-state index in [1.165, 1.54) is 42.2 Å². The molecule has 168 valence electrons. The number of nitrogens with one attached hydrogen (secondary N) is 1. The first kappa shape index (κ1) is 22.6. The van der Waals surface area contributed by atoms with Crippen LogP contribution in [0.4, 0.5) is 5.69 Å². The minimum absolute atomic E-state index is 0.0319. The number of anilines is 1. The van der Waals surface area contributed by atoms with Gasteiger partial charge in [-0.1, -0.05) is 60.6 Å². The van der Waals surface area contributed by atoms with Crippen molar-refractivity contribution in [3.63, 3.8) is 0 Å². The summed E-state index contributed by atoms with van der Waals surface area (Å²) in [4.78, 5) is 15.1. The van der Waals surface area contributed by atoms with Crippen molar-refractivity contribution >= 4 is 23.4 Å². The molecule has 32 heavy (non-hydrogen) atoms. The van der Waals surface area contributed by atoms with Gasteiger partial charge in [0.05, 0.1) is 18.8 Å². The van der Waals surface area contributed by atoms with Gasteiger partial charge in [0.15, 0.2) is 5.16 Å². The van der Waals surface area contributed by atoms with Crippen molar-refractivity contribution in [2.24, 2.45) is 0 Å². The van der Waals surface area contributed by atoms with Gasteiger partial charge in [0.1, 0.15) is 5.82 Å². The van der Waals surface area contributed by atoms with Gasteiger partial charge in [-0.15, -0.1) is 10.2 Å². The average molecular weight is 450 g/mol. The molecule has 1 amide bonds. The second kappa shape index (κ2) is 10.8. The SMILES string of the molecule is Cc1cccc(NC(=O)CSc2nnc(CN3CCCCC3)n2Cc2ccccc2)c1C. The number of aryl methyl sites for hydroxylation is 1. The molecule has 2 aromatic carbocycles. The fraction of sp³-hybridized carbons (Fsp3) is 0.400. The molecule has 1 saturated heterocycles.